The summed E-state index contributed by atoms with van der Waals surface area (Å²) in [5, 5.41) is 2.78. The Morgan fingerprint density at radius 2 is 1.83 bits per heavy atom. The average Bonchev–Trinajstić information content (AvgIpc) is 2.33. The van der Waals surface area contributed by atoms with Crippen LogP contribution >= 0.6 is 0 Å². The lowest BCUT2D eigenvalue weighted by Crippen LogP contribution is -2.67. The van der Waals surface area contributed by atoms with E-state index in [0.717, 1.165) is 5.56 Å². The second kappa shape index (κ2) is 4.44. The summed E-state index contributed by atoms with van der Waals surface area (Å²) in [7, 11) is 1.69. The zero-order valence-electron chi connectivity index (χ0n) is 10.9. The Balaban J connectivity index is 2.19. The molecule has 1 unspecified atom stereocenters. The fraction of sp³-hybridized carbons (Fsp3) is 0.429. The molecule has 4 heteroatoms. The smallest absolute Gasteiger partial charge is 0.248 e. The summed E-state index contributed by atoms with van der Waals surface area (Å²) in [4.78, 5) is 25.7. The Hall–Kier alpha value is -1.84. The summed E-state index contributed by atoms with van der Waals surface area (Å²) in [6.45, 7) is 3.45. The van der Waals surface area contributed by atoms with E-state index in [0.29, 0.717) is 6.42 Å². The topological polar surface area (TPSA) is 49.4 Å². The first kappa shape index (κ1) is 12.6. The molecule has 1 fully saturated rings. The molecule has 1 saturated heterocycles. The number of benzene rings is 1. The van der Waals surface area contributed by atoms with Crippen LogP contribution in [0, 0.1) is 0 Å². The van der Waals surface area contributed by atoms with Crippen LogP contribution in [0.25, 0.3) is 0 Å². The van der Waals surface area contributed by atoms with Gasteiger partial charge in [0.15, 0.2) is 0 Å². The maximum absolute atomic E-state index is 12.1. The van der Waals surface area contributed by atoms with Crippen LogP contribution in [0.5, 0.6) is 0 Å². The van der Waals surface area contributed by atoms with Crippen molar-refractivity contribution in [2.45, 2.75) is 31.8 Å². The van der Waals surface area contributed by atoms with Crippen molar-refractivity contribution in [2.24, 2.45) is 0 Å². The molecule has 96 valence electrons. The van der Waals surface area contributed by atoms with Gasteiger partial charge in [-0.3, -0.25) is 9.59 Å². The van der Waals surface area contributed by atoms with Gasteiger partial charge in [0.25, 0.3) is 0 Å². The summed E-state index contributed by atoms with van der Waals surface area (Å²) < 4.78 is 0. The minimum Gasteiger partial charge on any atom is -0.340 e. The number of nitrogens with one attached hydrogen (secondary N) is 1. The Morgan fingerprint density at radius 3 is 2.44 bits per heavy atom. The van der Waals surface area contributed by atoms with E-state index < -0.39 is 11.6 Å². The first-order valence-electron chi connectivity index (χ1n) is 6.05. The molecule has 0 bridgehead atoms. The van der Waals surface area contributed by atoms with Crippen LogP contribution in [-0.2, 0) is 16.0 Å². The van der Waals surface area contributed by atoms with Crippen molar-refractivity contribution in [3.63, 3.8) is 0 Å². The fourth-order valence-electron chi connectivity index (χ4n) is 2.27. The van der Waals surface area contributed by atoms with E-state index in [9.17, 15) is 9.59 Å². The molecule has 0 saturated carbocycles. The summed E-state index contributed by atoms with van der Waals surface area (Å²) in [5.41, 5.74) is 0.246. The highest BCUT2D eigenvalue weighted by atomic mass is 16.2. The summed E-state index contributed by atoms with van der Waals surface area (Å²) >= 11 is 0. The van der Waals surface area contributed by atoms with Gasteiger partial charge < -0.3 is 10.2 Å². The van der Waals surface area contributed by atoms with E-state index in [1.165, 1.54) is 0 Å². The van der Waals surface area contributed by atoms with Crippen molar-refractivity contribution in [2.75, 3.05) is 7.05 Å². The molecule has 1 aromatic carbocycles. The van der Waals surface area contributed by atoms with Gasteiger partial charge in [0, 0.05) is 13.5 Å². The predicted octanol–water partition coefficient (Wildman–Crippen LogP) is 0.964. The number of hydrogen-bond donors (Lipinski definition) is 1. The van der Waals surface area contributed by atoms with Gasteiger partial charge in [-0.15, -0.1) is 0 Å². The van der Waals surface area contributed by atoms with Gasteiger partial charge >= 0.3 is 0 Å². The van der Waals surface area contributed by atoms with E-state index in [1.807, 2.05) is 30.3 Å². The number of hydrogen-bond acceptors (Lipinski definition) is 2. The minimum absolute atomic E-state index is 0.0527. The van der Waals surface area contributed by atoms with Gasteiger partial charge in [-0.25, -0.2) is 0 Å². The van der Waals surface area contributed by atoms with Crippen LogP contribution < -0.4 is 5.32 Å². The van der Waals surface area contributed by atoms with Crippen molar-refractivity contribution in [1.29, 1.82) is 0 Å². The number of nitrogens with zero attached hydrogens (tertiary/aromatic N) is 1. The molecule has 1 aliphatic rings. The second-order valence-electron chi connectivity index (χ2n) is 5.24. The quantitative estimate of drug-likeness (QED) is 0.845. The third-order valence-corrected chi connectivity index (χ3v) is 3.33. The maximum Gasteiger partial charge on any atom is 0.248 e. The third-order valence-electron chi connectivity index (χ3n) is 3.33. The molecule has 1 aliphatic heterocycles. The van der Waals surface area contributed by atoms with E-state index >= 15 is 0 Å². The standard InChI is InChI=1S/C14H18N2O2/c1-14(2)13(18)16(3)11(12(17)15-14)9-10-7-5-4-6-8-10/h4-8,11H,9H2,1-3H3,(H,15,17). The van der Waals surface area contributed by atoms with Crippen molar-refractivity contribution in [3.05, 3.63) is 35.9 Å². The predicted molar refractivity (Wildman–Crippen MR) is 68.9 cm³/mol. The Labute approximate surface area is 107 Å². The number of piperazine rings is 1. The number of amides is 2. The lowest BCUT2D eigenvalue weighted by atomic mass is 9.94. The second-order valence-corrected chi connectivity index (χ2v) is 5.24. The van der Waals surface area contributed by atoms with Crippen LogP contribution in [0.4, 0.5) is 0 Å². The van der Waals surface area contributed by atoms with Crippen LogP contribution in [-0.4, -0.2) is 35.3 Å². The summed E-state index contributed by atoms with van der Waals surface area (Å²) in [5.74, 6) is -0.144. The molecule has 4 nitrogen and oxygen atoms in total. The molecule has 1 aromatic rings. The number of carbonyl (C=O) groups excluding carboxylic acids is 2. The van der Waals surface area contributed by atoms with Crippen molar-refractivity contribution in [1.82, 2.24) is 10.2 Å². The molecule has 1 heterocycles. The molecule has 0 radical (unpaired) electrons. The van der Waals surface area contributed by atoms with E-state index in [2.05, 4.69) is 5.32 Å². The van der Waals surface area contributed by atoms with Gasteiger partial charge in [-0.1, -0.05) is 30.3 Å². The largest absolute Gasteiger partial charge is 0.340 e. The van der Waals surface area contributed by atoms with E-state index in [-0.39, 0.29) is 11.8 Å². The SMILES string of the molecule is CN1C(=O)C(C)(C)NC(=O)C1Cc1ccccc1. The fourth-order valence-corrected chi connectivity index (χ4v) is 2.27. The monoisotopic (exact) mass is 246 g/mol. The first-order valence-corrected chi connectivity index (χ1v) is 6.05. The molecule has 18 heavy (non-hydrogen) atoms. The molecular weight excluding hydrogens is 228 g/mol. The molecule has 0 spiro atoms. The Morgan fingerprint density at radius 1 is 1.22 bits per heavy atom. The van der Waals surface area contributed by atoms with Crippen molar-refractivity contribution in [3.8, 4) is 0 Å². The van der Waals surface area contributed by atoms with Gasteiger partial charge in [-0.05, 0) is 19.4 Å². The molecule has 1 atom stereocenters. The first-order chi connectivity index (χ1) is 8.42. The van der Waals surface area contributed by atoms with Gasteiger partial charge in [0.2, 0.25) is 11.8 Å². The average molecular weight is 246 g/mol. The van der Waals surface area contributed by atoms with Gasteiger partial charge in [0.05, 0.1) is 0 Å². The van der Waals surface area contributed by atoms with Crippen molar-refractivity contribution >= 4 is 11.8 Å². The molecule has 2 rings (SSSR count). The van der Waals surface area contributed by atoms with Crippen LogP contribution in [0.2, 0.25) is 0 Å². The summed E-state index contributed by atoms with van der Waals surface area (Å²) in [6.07, 6.45) is 0.547. The van der Waals surface area contributed by atoms with Crippen LogP contribution in [0.1, 0.15) is 19.4 Å². The lowest BCUT2D eigenvalue weighted by Gasteiger charge is -2.40. The van der Waals surface area contributed by atoms with E-state index in [1.54, 1.807) is 25.8 Å². The van der Waals surface area contributed by atoms with Gasteiger partial charge in [0.1, 0.15) is 11.6 Å². The highest BCUT2D eigenvalue weighted by molar-refractivity contribution is 5.99. The van der Waals surface area contributed by atoms with Crippen LogP contribution in [0.3, 0.4) is 0 Å². The lowest BCUT2D eigenvalue weighted by molar-refractivity contribution is -0.151. The van der Waals surface area contributed by atoms with Gasteiger partial charge in [-0.2, -0.15) is 0 Å². The van der Waals surface area contributed by atoms with Crippen molar-refractivity contribution < 1.29 is 9.59 Å². The third kappa shape index (κ3) is 2.23. The minimum atomic E-state index is -0.807. The Bertz CT molecular complexity index is 468. The number of likely N-dealkylation sites (N-methyl/N-ethyl adjacent to an activating group) is 1. The molecule has 1 N–H and O–H groups in total. The normalized spacial score (nSPS) is 22.8. The summed E-state index contributed by atoms with van der Waals surface area (Å²) in [6, 6.07) is 9.30. The highest BCUT2D eigenvalue weighted by Crippen LogP contribution is 2.19. The number of carbonyl (C=O) groups is 2. The molecule has 0 aromatic heterocycles. The zero-order chi connectivity index (χ0) is 13.3. The molecule has 0 aliphatic carbocycles. The van der Waals surface area contributed by atoms with E-state index in [4.69, 9.17) is 0 Å². The Kier molecular flexibility index (Phi) is 3.11. The number of rotatable bonds is 2. The molecule has 2 amide bonds. The highest BCUT2D eigenvalue weighted by Gasteiger charge is 2.43. The van der Waals surface area contributed by atoms with Crippen LogP contribution in [0.15, 0.2) is 30.3 Å². The zero-order valence-corrected chi connectivity index (χ0v) is 10.9. The maximum atomic E-state index is 12.1. The molecular formula is C14H18N2O2.